The van der Waals surface area contributed by atoms with E-state index in [2.05, 4.69) is 0 Å². The molecule has 0 amide bonds. The molecule has 116 valence electrons. The summed E-state index contributed by atoms with van der Waals surface area (Å²) in [7, 11) is -2.35. The Balaban J connectivity index is 2.01. The molecule has 5 nitrogen and oxygen atoms in total. The van der Waals surface area contributed by atoms with Gasteiger partial charge in [0.25, 0.3) is 0 Å². The molecule has 0 fully saturated rings. The number of hydrogen-bond acceptors (Lipinski definition) is 4. The standard InChI is InChI=1S/C17H13O5P/c18-13-4-1-11(2-5-13)14-6-3-12-7-10(9-23(21)22)8-15(19)16(12)17(14)20/h1-2,4-8H,3,9H2,(H2-,18,19,20,21,22)/p+1. The van der Waals surface area contributed by atoms with Crippen molar-refractivity contribution in [2.75, 3.05) is 0 Å². The largest absolute Gasteiger partial charge is 0.510 e. The van der Waals surface area contributed by atoms with Crippen LogP contribution in [0.25, 0.3) is 5.57 Å². The van der Waals surface area contributed by atoms with E-state index in [-0.39, 0.29) is 29.0 Å². The summed E-state index contributed by atoms with van der Waals surface area (Å²) in [5.74, 6) is -0.360. The van der Waals surface area contributed by atoms with E-state index in [0.717, 1.165) is 0 Å². The van der Waals surface area contributed by atoms with Gasteiger partial charge in [0, 0.05) is 11.1 Å². The highest BCUT2D eigenvalue weighted by atomic mass is 31.1. The number of ketones is 1. The summed E-state index contributed by atoms with van der Waals surface area (Å²) in [5.41, 5.74) is 2.53. The van der Waals surface area contributed by atoms with Gasteiger partial charge < -0.3 is 10.2 Å². The summed E-state index contributed by atoms with van der Waals surface area (Å²) < 4.78 is 10.9. The molecule has 0 radical (unpaired) electrons. The highest BCUT2D eigenvalue weighted by Crippen LogP contribution is 2.36. The lowest BCUT2D eigenvalue weighted by Gasteiger charge is -2.18. The molecule has 1 aliphatic carbocycles. The van der Waals surface area contributed by atoms with Gasteiger partial charge in [-0.15, -0.1) is 0 Å². The molecule has 2 aromatic carbocycles. The number of fused-ring (bicyclic) bond motifs is 1. The van der Waals surface area contributed by atoms with E-state index in [1.165, 1.54) is 18.2 Å². The number of Topliss-reactive ketones (excluding diaryl/α,β-unsaturated/α-hetero) is 1. The zero-order valence-corrected chi connectivity index (χ0v) is 13.0. The molecule has 0 saturated carbocycles. The van der Waals surface area contributed by atoms with Gasteiger partial charge in [0.15, 0.2) is 5.78 Å². The van der Waals surface area contributed by atoms with Gasteiger partial charge in [0.2, 0.25) is 6.16 Å². The second-order valence-electron chi connectivity index (χ2n) is 5.36. The molecule has 0 bridgehead atoms. The third-order valence-corrected chi connectivity index (χ3v) is 4.39. The number of carbonyl (C=O) groups is 1. The maximum Gasteiger partial charge on any atom is 0.510 e. The van der Waals surface area contributed by atoms with Crippen LogP contribution in [0.15, 0.2) is 42.5 Å². The Kier molecular flexibility index (Phi) is 3.99. The highest BCUT2D eigenvalue weighted by molar-refractivity contribution is 7.37. The minimum Gasteiger partial charge on any atom is -0.508 e. The third kappa shape index (κ3) is 3.02. The first-order valence-electron chi connectivity index (χ1n) is 6.98. The topological polar surface area (TPSA) is 94.8 Å². The van der Waals surface area contributed by atoms with Crippen molar-refractivity contribution in [1.82, 2.24) is 0 Å². The molecule has 1 unspecified atom stereocenters. The van der Waals surface area contributed by atoms with Crippen LogP contribution in [0, 0.1) is 0 Å². The smallest absolute Gasteiger partial charge is 0.508 e. The lowest BCUT2D eigenvalue weighted by Crippen LogP contribution is -2.12. The van der Waals surface area contributed by atoms with Crippen molar-refractivity contribution in [3.8, 4) is 11.5 Å². The number of hydrogen-bond donors (Lipinski definition) is 3. The van der Waals surface area contributed by atoms with Crippen LogP contribution in [0.5, 0.6) is 11.5 Å². The maximum atomic E-state index is 12.7. The number of rotatable bonds is 3. The van der Waals surface area contributed by atoms with Gasteiger partial charge in [-0.25, -0.2) is 0 Å². The first-order valence-corrected chi connectivity index (χ1v) is 8.38. The van der Waals surface area contributed by atoms with Crippen LogP contribution in [0.3, 0.4) is 0 Å². The molecule has 3 rings (SSSR count). The van der Waals surface area contributed by atoms with Crippen LogP contribution >= 0.6 is 8.03 Å². The van der Waals surface area contributed by atoms with Gasteiger partial charge in [-0.05, 0) is 40.3 Å². The molecule has 23 heavy (non-hydrogen) atoms. The second kappa shape index (κ2) is 5.95. The Labute approximate surface area is 133 Å². The van der Waals surface area contributed by atoms with Crippen molar-refractivity contribution in [2.45, 2.75) is 12.6 Å². The molecule has 6 heteroatoms. The summed E-state index contributed by atoms with van der Waals surface area (Å²) in [6, 6.07) is 9.33. The van der Waals surface area contributed by atoms with Crippen molar-refractivity contribution >= 4 is 19.4 Å². The monoisotopic (exact) mass is 329 g/mol. The number of allylic oxidation sites excluding steroid dienone is 2. The number of carbonyl (C=O) groups excluding carboxylic acids is 1. The average Bonchev–Trinajstić information content (AvgIpc) is 2.47. The van der Waals surface area contributed by atoms with Crippen LogP contribution < -0.4 is 0 Å². The first-order chi connectivity index (χ1) is 11.0. The van der Waals surface area contributed by atoms with Crippen molar-refractivity contribution in [3.05, 3.63) is 64.7 Å². The van der Waals surface area contributed by atoms with Gasteiger partial charge >= 0.3 is 8.03 Å². The van der Waals surface area contributed by atoms with E-state index in [0.29, 0.717) is 28.7 Å². The molecule has 2 aromatic rings. The molecule has 0 spiro atoms. The quantitative estimate of drug-likeness (QED) is 0.752. The summed E-state index contributed by atoms with van der Waals surface area (Å²) in [4.78, 5) is 21.7. The first kappa shape index (κ1) is 15.4. The van der Waals surface area contributed by atoms with E-state index in [1.54, 1.807) is 24.3 Å². The predicted molar refractivity (Wildman–Crippen MR) is 85.8 cm³/mol. The van der Waals surface area contributed by atoms with E-state index < -0.39 is 8.03 Å². The Bertz CT molecular complexity index is 837. The normalized spacial score (nSPS) is 14.2. The van der Waals surface area contributed by atoms with Crippen LogP contribution in [0.4, 0.5) is 0 Å². The van der Waals surface area contributed by atoms with Crippen molar-refractivity contribution in [3.63, 3.8) is 0 Å². The zero-order valence-electron chi connectivity index (χ0n) is 12.1. The van der Waals surface area contributed by atoms with Gasteiger partial charge in [-0.3, -0.25) is 4.79 Å². The summed E-state index contributed by atoms with van der Waals surface area (Å²) >= 11 is 0. The van der Waals surface area contributed by atoms with E-state index in [9.17, 15) is 19.6 Å². The number of benzene rings is 2. The van der Waals surface area contributed by atoms with Gasteiger partial charge in [-0.1, -0.05) is 24.3 Å². The van der Waals surface area contributed by atoms with Gasteiger partial charge in [-0.2, -0.15) is 4.89 Å². The summed E-state index contributed by atoms with van der Waals surface area (Å²) in [5, 5.41) is 19.5. The molecular weight excluding hydrogens is 315 g/mol. The molecule has 0 aliphatic heterocycles. The predicted octanol–water partition coefficient (Wildman–Crippen LogP) is 3.15. The minimum atomic E-state index is -2.35. The van der Waals surface area contributed by atoms with Gasteiger partial charge in [0.1, 0.15) is 11.5 Å². The number of aromatic hydroxyl groups is 2. The van der Waals surface area contributed by atoms with E-state index in [4.69, 9.17) is 4.89 Å². The Hall–Kier alpha value is -2.49. The van der Waals surface area contributed by atoms with Crippen LogP contribution in [0.1, 0.15) is 27.0 Å². The summed E-state index contributed by atoms with van der Waals surface area (Å²) in [6.07, 6.45) is 2.15. The fraction of sp³-hybridized carbons (Fsp3) is 0.118. The molecule has 1 aliphatic rings. The second-order valence-corrected chi connectivity index (χ2v) is 6.38. The Morgan fingerprint density at radius 1 is 1.09 bits per heavy atom. The van der Waals surface area contributed by atoms with E-state index in [1.807, 2.05) is 0 Å². The van der Waals surface area contributed by atoms with Gasteiger partial charge in [0.05, 0.1) is 5.56 Å². The Morgan fingerprint density at radius 2 is 1.78 bits per heavy atom. The summed E-state index contributed by atoms with van der Waals surface area (Å²) in [6.45, 7) is 0. The van der Waals surface area contributed by atoms with Crippen LogP contribution in [-0.4, -0.2) is 20.9 Å². The lowest BCUT2D eigenvalue weighted by molar-refractivity contribution is 0.105. The molecule has 3 N–H and O–H groups in total. The molecule has 0 heterocycles. The third-order valence-electron chi connectivity index (χ3n) is 3.75. The zero-order chi connectivity index (χ0) is 16.6. The molecule has 1 atom stereocenters. The number of phenolic OH excluding ortho intramolecular Hbond substituents is 2. The minimum absolute atomic E-state index is 0.0566. The average molecular weight is 329 g/mol. The number of phenols is 2. The maximum absolute atomic E-state index is 12.7. The van der Waals surface area contributed by atoms with Crippen molar-refractivity contribution < 1.29 is 24.5 Å². The fourth-order valence-corrected chi connectivity index (χ4v) is 3.24. The Morgan fingerprint density at radius 3 is 2.43 bits per heavy atom. The lowest BCUT2D eigenvalue weighted by atomic mass is 9.85. The van der Waals surface area contributed by atoms with Crippen LogP contribution in [0.2, 0.25) is 0 Å². The fourth-order valence-electron chi connectivity index (χ4n) is 2.75. The van der Waals surface area contributed by atoms with Crippen LogP contribution in [-0.2, 0) is 17.1 Å². The molecular formula is C17H14O5P+. The van der Waals surface area contributed by atoms with Crippen molar-refractivity contribution in [2.24, 2.45) is 0 Å². The molecule has 0 aromatic heterocycles. The highest BCUT2D eigenvalue weighted by Gasteiger charge is 2.26. The van der Waals surface area contributed by atoms with Crippen molar-refractivity contribution in [1.29, 1.82) is 0 Å². The van der Waals surface area contributed by atoms with E-state index >= 15 is 0 Å². The molecule has 0 saturated heterocycles. The SMILES string of the molecule is O=C1C(c2ccc(O)cc2)=CCc2cc(C[P+](=O)O)cc(O)c21.